The summed E-state index contributed by atoms with van der Waals surface area (Å²) in [4.78, 5) is 36.0. The van der Waals surface area contributed by atoms with Gasteiger partial charge in [-0.05, 0) is 27.2 Å². The normalized spacial score (nSPS) is 20.8. The van der Waals surface area contributed by atoms with Gasteiger partial charge in [0, 0.05) is 30.8 Å². The third kappa shape index (κ3) is 4.34. The number of nitrogens with one attached hydrogen (secondary N) is 1. The van der Waals surface area contributed by atoms with E-state index in [9.17, 15) is 14.4 Å². The number of ether oxygens (including phenoxy) is 1. The van der Waals surface area contributed by atoms with Gasteiger partial charge in [-0.2, -0.15) is 0 Å². The molecule has 2 N–H and O–H groups in total. The molecule has 3 amide bonds. The second-order valence-electron chi connectivity index (χ2n) is 4.80. The Labute approximate surface area is 117 Å². The standard InChI is InChI=1S/C13H20N2O5/c1-8-7-15(5-4-6-20-8)13(19)14-11(16)9(2)10(3)12(17)18/h8H,4-7H2,1-3H3,(H,17,18)(H,14,16,19). The molecule has 1 unspecified atom stereocenters. The second kappa shape index (κ2) is 7.04. The van der Waals surface area contributed by atoms with Crippen molar-refractivity contribution in [2.24, 2.45) is 0 Å². The van der Waals surface area contributed by atoms with Crippen LogP contribution in [-0.2, 0) is 14.3 Å². The summed E-state index contributed by atoms with van der Waals surface area (Å²) in [6.07, 6.45) is 0.616. The number of carboxylic acids is 1. The van der Waals surface area contributed by atoms with Crippen molar-refractivity contribution in [3.8, 4) is 0 Å². The highest BCUT2D eigenvalue weighted by Gasteiger charge is 2.22. The largest absolute Gasteiger partial charge is 0.478 e. The third-order valence-electron chi connectivity index (χ3n) is 3.18. The Morgan fingerprint density at radius 1 is 1.25 bits per heavy atom. The molecule has 0 aromatic heterocycles. The van der Waals surface area contributed by atoms with Crippen LogP contribution >= 0.6 is 0 Å². The molecule has 1 saturated heterocycles. The lowest BCUT2D eigenvalue weighted by atomic mass is 10.1. The molecule has 1 rings (SSSR count). The van der Waals surface area contributed by atoms with Gasteiger partial charge in [0.1, 0.15) is 0 Å². The van der Waals surface area contributed by atoms with Gasteiger partial charge in [-0.25, -0.2) is 9.59 Å². The summed E-state index contributed by atoms with van der Waals surface area (Å²) in [7, 11) is 0. The highest BCUT2D eigenvalue weighted by Crippen LogP contribution is 2.07. The van der Waals surface area contributed by atoms with Crippen LogP contribution in [0.3, 0.4) is 0 Å². The predicted molar refractivity (Wildman–Crippen MR) is 71.2 cm³/mol. The summed E-state index contributed by atoms with van der Waals surface area (Å²) in [6.45, 7) is 6.04. The molecule has 0 saturated carbocycles. The van der Waals surface area contributed by atoms with E-state index >= 15 is 0 Å². The maximum atomic E-state index is 12.0. The average molecular weight is 284 g/mol. The van der Waals surface area contributed by atoms with Crippen LogP contribution < -0.4 is 5.32 Å². The van der Waals surface area contributed by atoms with Crippen molar-refractivity contribution >= 4 is 17.9 Å². The number of urea groups is 1. The van der Waals surface area contributed by atoms with Crippen LogP contribution in [0.25, 0.3) is 0 Å². The SMILES string of the molecule is CC(C(=O)O)=C(C)C(=O)NC(=O)N1CCCOC(C)C1. The molecule has 0 aliphatic carbocycles. The molecule has 112 valence electrons. The topological polar surface area (TPSA) is 95.9 Å². The van der Waals surface area contributed by atoms with Gasteiger partial charge in [0.25, 0.3) is 5.91 Å². The maximum Gasteiger partial charge on any atom is 0.331 e. The van der Waals surface area contributed by atoms with E-state index in [1.54, 1.807) is 0 Å². The van der Waals surface area contributed by atoms with Crippen LogP contribution in [0.2, 0.25) is 0 Å². The first-order valence-corrected chi connectivity index (χ1v) is 6.45. The van der Waals surface area contributed by atoms with Gasteiger partial charge >= 0.3 is 12.0 Å². The predicted octanol–water partition coefficient (Wildman–Crippen LogP) is 0.754. The molecule has 1 heterocycles. The summed E-state index contributed by atoms with van der Waals surface area (Å²) in [5, 5.41) is 11.0. The Kier molecular flexibility index (Phi) is 5.69. The highest BCUT2D eigenvalue weighted by molar-refractivity contribution is 6.07. The number of nitrogens with zero attached hydrogens (tertiary/aromatic N) is 1. The second-order valence-corrected chi connectivity index (χ2v) is 4.80. The molecule has 0 aromatic rings. The van der Waals surface area contributed by atoms with E-state index < -0.39 is 17.9 Å². The van der Waals surface area contributed by atoms with Crippen molar-refractivity contribution in [3.05, 3.63) is 11.1 Å². The molecular weight excluding hydrogens is 264 g/mol. The fourth-order valence-electron chi connectivity index (χ4n) is 1.78. The molecule has 20 heavy (non-hydrogen) atoms. The summed E-state index contributed by atoms with van der Waals surface area (Å²) in [5.74, 6) is -1.87. The molecule has 7 heteroatoms. The molecule has 0 bridgehead atoms. The first kappa shape index (κ1) is 16.2. The molecule has 0 radical (unpaired) electrons. The third-order valence-corrected chi connectivity index (χ3v) is 3.18. The fraction of sp³-hybridized carbons (Fsp3) is 0.615. The zero-order chi connectivity index (χ0) is 15.3. The Morgan fingerprint density at radius 2 is 1.90 bits per heavy atom. The summed E-state index contributed by atoms with van der Waals surface area (Å²) >= 11 is 0. The van der Waals surface area contributed by atoms with Gasteiger partial charge in [0.2, 0.25) is 0 Å². The number of hydrogen-bond acceptors (Lipinski definition) is 4. The zero-order valence-electron chi connectivity index (χ0n) is 11.9. The van der Waals surface area contributed by atoms with Crippen LogP contribution in [0.4, 0.5) is 4.79 Å². The van der Waals surface area contributed by atoms with Crippen molar-refractivity contribution in [1.82, 2.24) is 10.2 Å². The van der Waals surface area contributed by atoms with Gasteiger partial charge in [0.05, 0.1) is 6.10 Å². The molecule has 0 aromatic carbocycles. The number of imide groups is 1. The molecule has 1 aliphatic heterocycles. The minimum atomic E-state index is -1.18. The van der Waals surface area contributed by atoms with Crippen LogP contribution in [0, 0.1) is 0 Å². The lowest BCUT2D eigenvalue weighted by Crippen LogP contribution is -2.45. The first-order chi connectivity index (χ1) is 9.32. The van der Waals surface area contributed by atoms with E-state index in [-0.39, 0.29) is 17.3 Å². The van der Waals surface area contributed by atoms with Crippen molar-refractivity contribution in [2.75, 3.05) is 19.7 Å². The van der Waals surface area contributed by atoms with Crippen LogP contribution in [0.1, 0.15) is 27.2 Å². The molecule has 1 fully saturated rings. The van der Waals surface area contributed by atoms with E-state index in [1.165, 1.54) is 18.7 Å². The Hall–Kier alpha value is -1.89. The molecule has 0 spiro atoms. The molecular formula is C13H20N2O5. The van der Waals surface area contributed by atoms with Gasteiger partial charge in [-0.1, -0.05) is 0 Å². The number of aliphatic carboxylic acids is 1. The van der Waals surface area contributed by atoms with E-state index in [2.05, 4.69) is 5.32 Å². The van der Waals surface area contributed by atoms with Crippen LogP contribution in [-0.4, -0.2) is 53.7 Å². The molecule has 7 nitrogen and oxygen atoms in total. The first-order valence-electron chi connectivity index (χ1n) is 6.45. The summed E-state index contributed by atoms with van der Waals surface area (Å²) < 4.78 is 5.41. The lowest BCUT2D eigenvalue weighted by Gasteiger charge is -2.22. The number of carbonyl (C=O) groups excluding carboxylic acids is 2. The number of amides is 3. The highest BCUT2D eigenvalue weighted by atomic mass is 16.5. The van der Waals surface area contributed by atoms with E-state index in [1.807, 2.05) is 6.92 Å². The number of carboxylic acid groups (broad SMARTS) is 1. The minimum Gasteiger partial charge on any atom is -0.478 e. The minimum absolute atomic E-state index is 0.0185. The van der Waals surface area contributed by atoms with Gasteiger partial charge < -0.3 is 14.7 Å². The summed E-state index contributed by atoms with van der Waals surface area (Å²) in [5.41, 5.74) is -0.0622. The van der Waals surface area contributed by atoms with Gasteiger partial charge in [-0.3, -0.25) is 10.1 Å². The fourth-order valence-corrected chi connectivity index (χ4v) is 1.78. The number of hydrogen-bond donors (Lipinski definition) is 2. The Morgan fingerprint density at radius 3 is 2.50 bits per heavy atom. The number of carbonyl (C=O) groups is 3. The van der Waals surface area contributed by atoms with Crippen molar-refractivity contribution in [3.63, 3.8) is 0 Å². The molecule has 1 aliphatic rings. The lowest BCUT2D eigenvalue weighted by molar-refractivity contribution is -0.133. The Bertz CT molecular complexity index is 444. The van der Waals surface area contributed by atoms with E-state index in [0.29, 0.717) is 26.1 Å². The van der Waals surface area contributed by atoms with Gasteiger partial charge in [0.15, 0.2) is 0 Å². The average Bonchev–Trinajstić information content (AvgIpc) is 2.61. The molecule has 1 atom stereocenters. The maximum absolute atomic E-state index is 12.0. The van der Waals surface area contributed by atoms with Crippen LogP contribution in [0.5, 0.6) is 0 Å². The quantitative estimate of drug-likeness (QED) is 0.730. The van der Waals surface area contributed by atoms with Gasteiger partial charge in [-0.15, -0.1) is 0 Å². The van der Waals surface area contributed by atoms with Crippen molar-refractivity contribution < 1.29 is 24.2 Å². The summed E-state index contributed by atoms with van der Waals surface area (Å²) in [6, 6.07) is -0.523. The monoisotopic (exact) mass is 284 g/mol. The smallest absolute Gasteiger partial charge is 0.331 e. The van der Waals surface area contributed by atoms with Crippen molar-refractivity contribution in [2.45, 2.75) is 33.3 Å². The van der Waals surface area contributed by atoms with Crippen molar-refractivity contribution in [1.29, 1.82) is 0 Å². The zero-order valence-corrected chi connectivity index (χ0v) is 11.9. The van der Waals surface area contributed by atoms with Crippen LogP contribution in [0.15, 0.2) is 11.1 Å². The van der Waals surface area contributed by atoms with E-state index in [4.69, 9.17) is 9.84 Å². The van der Waals surface area contributed by atoms with E-state index in [0.717, 1.165) is 0 Å². The number of rotatable bonds is 2. The Balaban J connectivity index is 2.68.